The lowest BCUT2D eigenvalue weighted by molar-refractivity contribution is 0.0860. The van der Waals surface area contributed by atoms with Crippen molar-refractivity contribution in [2.24, 2.45) is 10.8 Å². The van der Waals surface area contributed by atoms with E-state index in [2.05, 4.69) is 114 Å². The minimum absolute atomic E-state index is 0.206. The SMILES string of the molecule is COP(=O)(O)OC1CC(C)=C(/C=C/C(C)=C/C=C/C(C)=C/C=C/C=C(C)/C=C/C=C(C)/C=C/C2=C(C)CC(OP(=O)(O)O)CC2(C)C)C(C)(C)C1. The lowest BCUT2D eigenvalue weighted by Gasteiger charge is -2.37. The van der Waals surface area contributed by atoms with Gasteiger partial charge in [0, 0.05) is 7.11 Å². The number of hydrogen-bond acceptors (Lipinski definition) is 5. The van der Waals surface area contributed by atoms with Gasteiger partial charge in [0.15, 0.2) is 0 Å². The van der Waals surface area contributed by atoms with E-state index in [1.807, 2.05) is 45.1 Å². The van der Waals surface area contributed by atoms with E-state index in [1.54, 1.807) is 0 Å². The van der Waals surface area contributed by atoms with E-state index >= 15 is 0 Å². The highest BCUT2D eigenvalue weighted by Crippen LogP contribution is 2.50. The highest BCUT2D eigenvalue weighted by Gasteiger charge is 2.37. The van der Waals surface area contributed by atoms with Crippen LogP contribution in [-0.2, 0) is 22.7 Å². The summed E-state index contributed by atoms with van der Waals surface area (Å²) in [6.45, 7) is 20.7. The van der Waals surface area contributed by atoms with Gasteiger partial charge in [-0.3, -0.25) is 13.6 Å². The van der Waals surface area contributed by atoms with Crippen LogP contribution in [0.4, 0.5) is 0 Å². The molecule has 2 aliphatic carbocycles. The van der Waals surface area contributed by atoms with Crippen LogP contribution < -0.4 is 0 Å². The highest BCUT2D eigenvalue weighted by atomic mass is 31.2. The third-order valence-corrected chi connectivity index (χ3v) is 10.6. The molecule has 0 saturated carbocycles. The summed E-state index contributed by atoms with van der Waals surface area (Å²) in [6.07, 6.45) is 30.3. The van der Waals surface area contributed by atoms with Crippen LogP contribution in [0, 0.1) is 10.8 Å². The molecule has 0 saturated heterocycles. The van der Waals surface area contributed by atoms with Crippen molar-refractivity contribution in [1.29, 1.82) is 0 Å². The predicted molar refractivity (Wildman–Crippen MR) is 211 cm³/mol. The second kappa shape index (κ2) is 19.4. The average Bonchev–Trinajstić information content (AvgIpc) is 2.96. The van der Waals surface area contributed by atoms with Crippen molar-refractivity contribution in [3.8, 4) is 0 Å². The first-order valence-corrected chi connectivity index (χ1v) is 20.4. The van der Waals surface area contributed by atoms with Gasteiger partial charge in [-0.15, -0.1) is 0 Å². The van der Waals surface area contributed by atoms with Crippen molar-refractivity contribution in [2.45, 2.75) is 107 Å². The molecule has 282 valence electrons. The van der Waals surface area contributed by atoms with Crippen molar-refractivity contribution in [3.63, 3.8) is 0 Å². The van der Waals surface area contributed by atoms with Crippen molar-refractivity contribution in [1.82, 2.24) is 0 Å². The fourth-order valence-corrected chi connectivity index (χ4v) is 7.79. The molecule has 8 nitrogen and oxygen atoms in total. The zero-order chi connectivity index (χ0) is 38.6. The Kier molecular flexibility index (Phi) is 17.0. The number of rotatable bonds is 15. The molecular weight excluding hydrogens is 682 g/mol. The van der Waals surface area contributed by atoms with Crippen LogP contribution >= 0.6 is 15.6 Å². The van der Waals surface area contributed by atoms with Gasteiger partial charge in [0.1, 0.15) is 0 Å². The maximum atomic E-state index is 11.9. The van der Waals surface area contributed by atoms with Crippen molar-refractivity contribution < 1.29 is 37.4 Å². The van der Waals surface area contributed by atoms with Crippen LogP contribution in [0.5, 0.6) is 0 Å². The zero-order valence-corrected chi connectivity index (χ0v) is 34.1. The zero-order valence-electron chi connectivity index (χ0n) is 32.3. The van der Waals surface area contributed by atoms with Gasteiger partial charge in [0.05, 0.1) is 12.2 Å². The van der Waals surface area contributed by atoms with E-state index in [-0.39, 0.29) is 16.9 Å². The molecular formula is C41H60O8P2. The van der Waals surface area contributed by atoms with Gasteiger partial charge in [-0.2, -0.15) is 0 Å². The Morgan fingerprint density at radius 1 is 0.627 bits per heavy atom. The molecule has 51 heavy (non-hydrogen) atoms. The number of phosphoric ester groups is 2. The Balaban J connectivity index is 1.94. The second-order valence-corrected chi connectivity index (χ2v) is 17.7. The van der Waals surface area contributed by atoms with Crippen molar-refractivity contribution in [3.05, 3.63) is 130 Å². The standard InChI is InChI=1S/C41H60O8P2/c1-30(18-14-20-32(3)22-24-38-34(5)26-36(28-40(38,7)8)48-50(42,43)44)16-12-13-17-31(2)19-15-21-33(4)23-25-39-35(6)27-37(29-41(39,9)10)49-51(45,46)47-11/h12-25,36-37H,26-29H2,1-11H3,(H,45,46)(H2,42,43,44)/b13-12+,18-14+,19-15+,24-22+,25-23+,30-16+,31-17+,32-20+,33-21+. The molecule has 0 aromatic heterocycles. The van der Waals surface area contributed by atoms with Gasteiger partial charge >= 0.3 is 15.6 Å². The molecule has 0 fully saturated rings. The van der Waals surface area contributed by atoms with Gasteiger partial charge < -0.3 is 14.7 Å². The smallest absolute Gasteiger partial charge is 0.303 e. The Bertz CT molecular complexity index is 1680. The predicted octanol–water partition coefficient (Wildman–Crippen LogP) is 11.4. The lowest BCUT2D eigenvalue weighted by Crippen LogP contribution is -2.29. The summed E-state index contributed by atoms with van der Waals surface area (Å²) < 4.78 is 38.2. The normalized spacial score (nSPS) is 24.4. The highest BCUT2D eigenvalue weighted by molar-refractivity contribution is 7.47. The first-order chi connectivity index (χ1) is 23.5. The van der Waals surface area contributed by atoms with Crippen LogP contribution in [0.2, 0.25) is 0 Å². The monoisotopic (exact) mass is 742 g/mol. The van der Waals surface area contributed by atoms with Crippen LogP contribution in [-0.4, -0.2) is 34.0 Å². The minimum Gasteiger partial charge on any atom is -0.303 e. The van der Waals surface area contributed by atoms with Gasteiger partial charge in [-0.25, -0.2) is 9.13 Å². The van der Waals surface area contributed by atoms with Crippen LogP contribution in [0.15, 0.2) is 130 Å². The van der Waals surface area contributed by atoms with Gasteiger partial charge in [0.25, 0.3) is 0 Å². The summed E-state index contributed by atoms with van der Waals surface area (Å²) in [5.74, 6) is 0. The van der Waals surface area contributed by atoms with Crippen molar-refractivity contribution >= 4 is 15.6 Å². The Morgan fingerprint density at radius 2 is 0.980 bits per heavy atom. The fourth-order valence-electron chi connectivity index (χ4n) is 6.64. The topological polar surface area (TPSA) is 123 Å². The summed E-state index contributed by atoms with van der Waals surface area (Å²) in [4.78, 5) is 28.2. The van der Waals surface area contributed by atoms with Crippen LogP contribution in [0.25, 0.3) is 0 Å². The molecule has 3 unspecified atom stereocenters. The number of hydrogen-bond donors (Lipinski definition) is 3. The molecule has 10 heteroatoms. The van der Waals surface area contributed by atoms with Crippen molar-refractivity contribution in [2.75, 3.05) is 7.11 Å². The summed E-state index contributed by atoms with van der Waals surface area (Å²) in [7, 11) is -7.36. The third kappa shape index (κ3) is 16.3. The number of phosphoric acid groups is 2. The first kappa shape index (κ1) is 44.5. The van der Waals surface area contributed by atoms with Crippen LogP contribution in [0.3, 0.4) is 0 Å². The Labute approximate surface area is 307 Å². The maximum absolute atomic E-state index is 11.9. The summed E-state index contributed by atoms with van der Waals surface area (Å²) in [5.41, 5.74) is 8.60. The van der Waals surface area contributed by atoms with E-state index in [4.69, 9.17) is 9.05 Å². The van der Waals surface area contributed by atoms with E-state index in [0.29, 0.717) is 25.7 Å². The largest absolute Gasteiger partial charge is 0.472 e. The van der Waals surface area contributed by atoms with Gasteiger partial charge in [-0.1, -0.05) is 146 Å². The average molecular weight is 743 g/mol. The molecule has 3 N–H and O–H groups in total. The van der Waals surface area contributed by atoms with E-state index in [0.717, 1.165) is 33.4 Å². The van der Waals surface area contributed by atoms with Gasteiger partial charge in [0.2, 0.25) is 0 Å². The molecule has 0 aromatic rings. The molecule has 2 aliphatic rings. The molecule has 0 bridgehead atoms. The van der Waals surface area contributed by atoms with Crippen LogP contribution in [0.1, 0.15) is 94.9 Å². The minimum atomic E-state index is -4.52. The van der Waals surface area contributed by atoms with Gasteiger partial charge in [-0.05, 0) is 89.2 Å². The summed E-state index contributed by atoms with van der Waals surface area (Å²) >= 11 is 0. The molecule has 3 atom stereocenters. The third-order valence-electron chi connectivity index (χ3n) is 9.01. The molecule has 0 spiro atoms. The second-order valence-electron chi connectivity index (χ2n) is 15.0. The Hall–Kier alpha value is -2.64. The quantitative estimate of drug-likeness (QED) is 0.112. The first-order valence-electron chi connectivity index (χ1n) is 17.3. The molecule has 0 amide bonds. The molecule has 0 aliphatic heterocycles. The maximum Gasteiger partial charge on any atom is 0.472 e. The summed E-state index contributed by atoms with van der Waals surface area (Å²) in [5, 5.41) is 0. The molecule has 0 radical (unpaired) electrons. The molecule has 0 heterocycles. The lowest BCUT2D eigenvalue weighted by atomic mass is 9.71. The van der Waals surface area contributed by atoms with E-state index < -0.39 is 21.7 Å². The summed E-state index contributed by atoms with van der Waals surface area (Å²) in [6, 6.07) is 0. The van der Waals surface area contributed by atoms with E-state index in [9.17, 15) is 23.8 Å². The fraction of sp³-hybridized carbons (Fsp3) is 0.463. The molecule has 2 rings (SSSR count). The molecule has 0 aromatic carbocycles. The Morgan fingerprint density at radius 3 is 1.33 bits per heavy atom. The number of allylic oxidation sites excluding steroid dienone is 20. The van der Waals surface area contributed by atoms with E-state index in [1.165, 1.54) is 18.3 Å².